The monoisotopic (exact) mass is 453 g/mol. The summed E-state index contributed by atoms with van der Waals surface area (Å²) in [6, 6.07) is 16.1. The van der Waals surface area contributed by atoms with Crippen LogP contribution >= 0.6 is 11.6 Å². The van der Waals surface area contributed by atoms with Gasteiger partial charge in [0.2, 0.25) is 5.95 Å². The molecule has 2 heterocycles. The van der Waals surface area contributed by atoms with Gasteiger partial charge >= 0.3 is 0 Å². The predicted molar refractivity (Wildman–Crippen MR) is 115 cm³/mol. The fraction of sp³-hybridized carbons (Fsp3) is 0.0952. The first-order chi connectivity index (χ1) is 15.5. The number of nitro benzene ring substituents is 1. The zero-order valence-electron chi connectivity index (χ0n) is 16.5. The van der Waals surface area contributed by atoms with Crippen LogP contribution in [0.15, 0.2) is 71.4 Å². The SMILES string of the molecule is O=C(Nc1ncn(Cc2cccc(Cl)c2)n1)c1ccc(COc2ccc([N+](=O)[O-])cc2)o1. The molecule has 0 aliphatic carbocycles. The van der Waals surface area contributed by atoms with E-state index in [1.807, 2.05) is 18.2 Å². The molecule has 11 heteroatoms. The fourth-order valence-electron chi connectivity index (χ4n) is 2.81. The van der Waals surface area contributed by atoms with Gasteiger partial charge in [-0.3, -0.25) is 20.2 Å². The summed E-state index contributed by atoms with van der Waals surface area (Å²) in [5, 5.41) is 18.1. The Morgan fingerprint density at radius 2 is 2.00 bits per heavy atom. The van der Waals surface area contributed by atoms with Gasteiger partial charge in [-0.05, 0) is 42.0 Å². The van der Waals surface area contributed by atoms with E-state index in [9.17, 15) is 14.9 Å². The molecule has 10 nitrogen and oxygen atoms in total. The van der Waals surface area contributed by atoms with Crippen LogP contribution in [0.4, 0.5) is 11.6 Å². The topological polar surface area (TPSA) is 125 Å². The Morgan fingerprint density at radius 3 is 2.75 bits per heavy atom. The molecule has 0 atom stereocenters. The largest absolute Gasteiger partial charge is 0.486 e. The lowest BCUT2D eigenvalue weighted by atomic mass is 10.2. The molecule has 4 aromatic rings. The standard InChI is InChI=1S/C21H16ClN5O5/c22-15-3-1-2-14(10-15)11-26-13-23-21(25-26)24-20(28)19-9-8-18(32-19)12-31-17-6-4-16(5-7-17)27(29)30/h1-10,13H,11-12H2,(H,24,25,28). The van der Waals surface area contributed by atoms with Crippen molar-refractivity contribution in [3.05, 3.63) is 99.2 Å². The van der Waals surface area contributed by atoms with Gasteiger partial charge in [0.15, 0.2) is 5.76 Å². The molecule has 1 amide bonds. The molecule has 2 aromatic heterocycles. The molecule has 0 unspecified atom stereocenters. The second-order valence-electron chi connectivity index (χ2n) is 6.66. The highest BCUT2D eigenvalue weighted by Crippen LogP contribution is 2.19. The number of nitrogens with one attached hydrogen (secondary N) is 1. The van der Waals surface area contributed by atoms with Gasteiger partial charge in [-0.2, -0.15) is 0 Å². The van der Waals surface area contributed by atoms with Crippen molar-refractivity contribution in [1.82, 2.24) is 14.8 Å². The Labute approximate surface area is 186 Å². The Hall–Kier alpha value is -4.18. The van der Waals surface area contributed by atoms with Crippen molar-refractivity contribution in [3.63, 3.8) is 0 Å². The van der Waals surface area contributed by atoms with Crippen molar-refractivity contribution in [2.45, 2.75) is 13.2 Å². The van der Waals surface area contributed by atoms with Crippen LogP contribution in [0.3, 0.4) is 0 Å². The molecule has 0 radical (unpaired) electrons. The lowest BCUT2D eigenvalue weighted by Crippen LogP contribution is -2.12. The number of hydrogen-bond acceptors (Lipinski definition) is 7. The Bertz CT molecular complexity index is 1250. The summed E-state index contributed by atoms with van der Waals surface area (Å²) in [4.78, 5) is 26.7. The van der Waals surface area contributed by atoms with Crippen molar-refractivity contribution in [3.8, 4) is 5.75 Å². The van der Waals surface area contributed by atoms with Gasteiger partial charge in [0, 0.05) is 17.2 Å². The number of nitro groups is 1. The van der Waals surface area contributed by atoms with Crippen molar-refractivity contribution >= 4 is 29.1 Å². The van der Waals surface area contributed by atoms with E-state index in [-0.39, 0.29) is 24.0 Å². The molecule has 0 bridgehead atoms. The van der Waals surface area contributed by atoms with Crippen LogP contribution in [-0.2, 0) is 13.2 Å². The van der Waals surface area contributed by atoms with Gasteiger partial charge < -0.3 is 9.15 Å². The van der Waals surface area contributed by atoms with E-state index in [2.05, 4.69) is 15.4 Å². The highest BCUT2D eigenvalue weighted by molar-refractivity contribution is 6.30. The van der Waals surface area contributed by atoms with Crippen LogP contribution in [0.25, 0.3) is 0 Å². The molecule has 32 heavy (non-hydrogen) atoms. The van der Waals surface area contributed by atoms with Crippen LogP contribution in [0.2, 0.25) is 5.02 Å². The molecule has 4 rings (SSSR count). The first-order valence-corrected chi connectivity index (χ1v) is 9.75. The second-order valence-corrected chi connectivity index (χ2v) is 7.09. The molecule has 0 saturated heterocycles. The van der Waals surface area contributed by atoms with Crippen molar-refractivity contribution in [1.29, 1.82) is 0 Å². The molecule has 1 N–H and O–H groups in total. The van der Waals surface area contributed by atoms with E-state index >= 15 is 0 Å². The summed E-state index contributed by atoms with van der Waals surface area (Å²) < 4.78 is 12.6. The zero-order valence-corrected chi connectivity index (χ0v) is 17.2. The summed E-state index contributed by atoms with van der Waals surface area (Å²) in [6.07, 6.45) is 1.50. The van der Waals surface area contributed by atoms with E-state index in [0.717, 1.165) is 5.56 Å². The van der Waals surface area contributed by atoms with Gasteiger partial charge in [0.25, 0.3) is 11.6 Å². The maximum atomic E-state index is 12.4. The predicted octanol–water partition coefficient (Wildman–Crippen LogP) is 4.31. The summed E-state index contributed by atoms with van der Waals surface area (Å²) in [5.41, 5.74) is 0.918. The number of amides is 1. The maximum absolute atomic E-state index is 12.4. The van der Waals surface area contributed by atoms with Crippen molar-refractivity contribution in [2.24, 2.45) is 0 Å². The number of ether oxygens (including phenoxy) is 1. The first kappa shape index (κ1) is 21.1. The highest BCUT2D eigenvalue weighted by atomic mass is 35.5. The van der Waals surface area contributed by atoms with E-state index in [0.29, 0.717) is 23.1 Å². The third-order valence-corrected chi connectivity index (χ3v) is 4.54. The number of anilines is 1. The molecular formula is C21H16ClN5O5. The molecule has 0 aliphatic rings. The zero-order chi connectivity index (χ0) is 22.5. The number of halogens is 1. The highest BCUT2D eigenvalue weighted by Gasteiger charge is 2.14. The third-order valence-electron chi connectivity index (χ3n) is 4.31. The number of nitrogens with zero attached hydrogens (tertiary/aromatic N) is 4. The van der Waals surface area contributed by atoms with Crippen LogP contribution in [0.5, 0.6) is 5.75 Å². The van der Waals surface area contributed by atoms with Gasteiger partial charge in [-0.1, -0.05) is 23.7 Å². The Morgan fingerprint density at radius 1 is 1.19 bits per heavy atom. The van der Waals surface area contributed by atoms with E-state index < -0.39 is 10.8 Å². The molecule has 0 fully saturated rings. The lowest BCUT2D eigenvalue weighted by Gasteiger charge is -2.03. The Kier molecular flexibility index (Phi) is 6.13. The maximum Gasteiger partial charge on any atom is 0.293 e. The number of benzene rings is 2. The van der Waals surface area contributed by atoms with E-state index in [4.69, 9.17) is 20.8 Å². The number of furan rings is 1. The minimum Gasteiger partial charge on any atom is -0.486 e. The van der Waals surface area contributed by atoms with E-state index in [1.165, 1.54) is 36.7 Å². The summed E-state index contributed by atoms with van der Waals surface area (Å²) in [7, 11) is 0. The number of hydrogen-bond donors (Lipinski definition) is 1. The molecule has 2 aromatic carbocycles. The normalized spacial score (nSPS) is 10.7. The molecule has 0 saturated carbocycles. The van der Waals surface area contributed by atoms with Crippen LogP contribution in [0.1, 0.15) is 21.9 Å². The van der Waals surface area contributed by atoms with Gasteiger partial charge in [-0.25, -0.2) is 9.67 Å². The van der Waals surface area contributed by atoms with E-state index in [1.54, 1.807) is 16.8 Å². The minimum absolute atomic E-state index is 0.0297. The smallest absolute Gasteiger partial charge is 0.293 e. The van der Waals surface area contributed by atoms with Gasteiger partial charge in [0.05, 0.1) is 11.5 Å². The van der Waals surface area contributed by atoms with Crippen LogP contribution in [-0.4, -0.2) is 25.6 Å². The number of non-ortho nitro benzene ring substituents is 1. The number of carbonyl (C=O) groups is 1. The molecular weight excluding hydrogens is 438 g/mol. The molecule has 0 spiro atoms. The van der Waals surface area contributed by atoms with Gasteiger partial charge in [0.1, 0.15) is 24.4 Å². The van der Waals surface area contributed by atoms with Gasteiger partial charge in [-0.15, -0.1) is 5.10 Å². The number of aromatic nitrogens is 3. The lowest BCUT2D eigenvalue weighted by molar-refractivity contribution is -0.384. The average Bonchev–Trinajstić information content (AvgIpc) is 3.42. The Balaban J connectivity index is 1.32. The molecule has 162 valence electrons. The number of carbonyl (C=O) groups excluding carboxylic acids is 1. The van der Waals surface area contributed by atoms with Crippen molar-refractivity contribution < 1.29 is 18.9 Å². The number of rotatable bonds is 8. The second kappa shape index (κ2) is 9.31. The van der Waals surface area contributed by atoms with Crippen LogP contribution in [0, 0.1) is 10.1 Å². The minimum atomic E-state index is -0.507. The summed E-state index contributed by atoms with van der Waals surface area (Å²) in [5.74, 6) is 0.545. The molecule has 0 aliphatic heterocycles. The first-order valence-electron chi connectivity index (χ1n) is 9.37. The van der Waals surface area contributed by atoms with Crippen molar-refractivity contribution in [2.75, 3.05) is 5.32 Å². The summed E-state index contributed by atoms with van der Waals surface area (Å²) in [6.45, 7) is 0.506. The third kappa shape index (κ3) is 5.29. The van der Waals surface area contributed by atoms with Crippen LogP contribution < -0.4 is 10.1 Å². The quantitative estimate of drug-likeness (QED) is 0.311. The average molecular weight is 454 g/mol. The fourth-order valence-corrected chi connectivity index (χ4v) is 3.02. The summed E-state index contributed by atoms with van der Waals surface area (Å²) >= 11 is 5.98.